The molecule has 3 N–H and O–H groups in total. The zero-order chi connectivity index (χ0) is 25.2. The highest BCUT2D eigenvalue weighted by Crippen LogP contribution is 2.35. The van der Waals surface area contributed by atoms with Gasteiger partial charge in [-0.15, -0.1) is 0 Å². The number of aromatic nitrogens is 2. The van der Waals surface area contributed by atoms with Gasteiger partial charge in [0.1, 0.15) is 11.5 Å². The van der Waals surface area contributed by atoms with E-state index in [0.717, 1.165) is 16.7 Å². The molecule has 0 radical (unpaired) electrons. The van der Waals surface area contributed by atoms with E-state index in [1.54, 1.807) is 6.07 Å². The monoisotopic (exact) mass is 665 g/mol. The van der Waals surface area contributed by atoms with E-state index in [2.05, 4.69) is 68.9 Å². The van der Waals surface area contributed by atoms with Crippen molar-refractivity contribution in [1.29, 1.82) is 0 Å². The Morgan fingerprint density at radius 2 is 1.71 bits per heavy atom. The number of nitrogens with one attached hydrogen (secondary N) is 3. The Morgan fingerprint density at radius 1 is 1.00 bits per heavy atom. The predicted octanol–water partition coefficient (Wildman–Crippen LogP) is 5.21. The molecule has 1 aromatic carbocycles. The van der Waals surface area contributed by atoms with Crippen LogP contribution >= 0.6 is 47.8 Å². The largest absolute Gasteiger partial charge is 0.419 e. The number of carbonyl (C=O) groups excluding carboxylic acids is 3. The van der Waals surface area contributed by atoms with Crippen LogP contribution in [0.2, 0.25) is 0 Å². The van der Waals surface area contributed by atoms with Gasteiger partial charge < -0.3 is 5.32 Å². The summed E-state index contributed by atoms with van der Waals surface area (Å²) in [5.74, 6) is -2.58. The first kappa shape index (κ1) is 25.9. The molecule has 0 atom stereocenters. The third-order valence-corrected chi connectivity index (χ3v) is 5.75. The lowest BCUT2D eigenvalue weighted by Gasteiger charge is -2.16. The molecule has 3 aromatic rings. The lowest BCUT2D eigenvalue weighted by atomic mass is 10.1. The second-order valence-electron chi connectivity index (χ2n) is 6.69. The molecule has 0 aliphatic rings. The van der Waals surface area contributed by atoms with Crippen LogP contribution in [-0.2, 0) is 11.0 Å². The minimum Gasteiger partial charge on any atom is -0.319 e. The number of hydrogen-bond donors (Lipinski definition) is 3. The molecule has 2 aromatic heterocycles. The molecular formula is C20H13Br3F3N5O3. The van der Waals surface area contributed by atoms with Gasteiger partial charge in [-0.25, -0.2) is 4.98 Å². The maximum absolute atomic E-state index is 13.5. The number of anilines is 1. The third-order valence-electron chi connectivity index (χ3n) is 4.23. The number of amides is 3. The van der Waals surface area contributed by atoms with Crippen LogP contribution in [0.4, 0.5) is 18.9 Å². The highest BCUT2D eigenvalue weighted by atomic mass is 79.9. The smallest absolute Gasteiger partial charge is 0.319 e. The summed E-state index contributed by atoms with van der Waals surface area (Å²) in [5, 5.41) is 2.54. The van der Waals surface area contributed by atoms with Crippen molar-refractivity contribution in [3.8, 4) is 5.82 Å². The SMILES string of the molecule is CC(=O)NNC(=O)c1cc(Br)cc(Br)c1NC(=O)c1cc(Br)cn1-c1ncccc1C(F)(F)F. The zero-order valence-corrected chi connectivity index (χ0v) is 21.7. The fourth-order valence-corrected chi connectivity index (χ4v) is 4.61. The Morgan fingerprint density at radius 3 is 2.35 bits per heavy atom. The van der Waals surface area contributed by atoms with Gasteiger partial charge in [-0.1, -0.05) is 15.9 Å². The maximum Gasteiger partial charge on any atom is 0.419 e. The number of benzene rings is 1. The molecule has 0 bridgehead atoms. The zero-order valence-electron chi connectivity index (χ0n) is 16.9. The van der Waals surface area contributed by atoms with E-state index in [9.17, 15) is 27.6 Å². The summed E-state index contributed by atoms with van der Waals surface area (Å²) in [7, 11) is 0. The Labute approximate surface area is 215 Å². The van der Waals surface area contributed by atoms with E-state index < -0.39 is 35.3 Å². The molecule has 0 fully saturated rings. The number of carbonyl (C=O) groups is 3. The van der Waals surface area contributed by atoms with Gasteiger partial charge in [0.15, 0.2) is 0 Å². The molecule has 0 aliphatic carbocycles. The summed E-state index contributed by atoms with van der Waals surface area (Å²) < 4.78 is 42.7. The summed E-state index contributed by atoms with van der Waals surface area (Å²) in [6.07, 6.45) is -2.26. The van der Waals surface area contributed by atoms with Crippen LogP contribution in [0.15, 0.2) is 56.1 Å². The van der Waals surface area contributed by atoms with Gasteiger partial charge in [0.05, 0.1) is 16.8 Å². The minimum atomic E-state index is -4.71. The van der Waals surface area contributed by atoms with Crippen molar-refractivity contribution >= 4 is 71.2 Å². The minimum absolute atomic E-state index is 0.0250. The predicted molar refractivity (Wildman–Crippen MR) is 127 cm³/mol. The summed E-state index contributed by atoms with van der Waals surface area (Å²) in [6.45, 7) is 1.19. The lowest BCUT2D eigenvalue weighted by molar-refractivity contribution is -0.137. The quantitative estimate of drug-likeness (QED) is 0.332. The molecule has 0 saturated heterocycles. The Bertz CT molecular complexity index is 1290. The number of hydrazine groups is 1. The number of pyridine rings is 1. The van der Waals surface area contributed by atoms with Gasteiger partial charge in [-0.2, -0.15) is 13.2 Å². The van der Waals surface area contributed by atoms with Crippen LogP contribution in [0.1, 0.15) is 33.3 Å². The number of hydrogen-bond acceptors (Lipinski definition) is 4. The Balaban J connectivity index is 2.04. The van der Waals surface area contributed by atoms with Gasteiger partial charge in [0.25, 0.3) is 11.8 Å². The van der Waals surface area contributed by atoms with Gasteiger partial charge in [0, 0.05) is 32.7 Å². The summed E-state index contributed by atoms with van der Waals surface area (Å²) >= 11 is 9.68. The fraction of sp³-hybridized carbons (Fsp3) is 0.100. The average Bonchev–Trinajstić information content (AvgIpc) is 3.14. The molecule has 0 saturated carbocycles. The van der Waals surface area contributed by atoms with E-state index in [0.29, 0.717) is 13.4 Å². The molecule has 3 rings (SSSR count). The molecule has 0 aliphatic heterocycles. The van der Waals surface area contributed by atoms with Crippen LogP contribution in [0.25, 0.3) is 5.82 Å². The summed E-state index contributed by atoms with van der Waals surface area (Å²) in [4.78, 5) is 40.7. The van der Waals surface area contributed by atoms with Gasteiger partial charge in [-0.05, 0) is 62.2 Å². The molecule has 0 spiro atoms. The van der Waals surface area contributed by atoms with Gasteiger partial charge >= 0.3 is 6.18 Å². The van der Waals surface area contributed by atoms with Gasteiger partial charge in [0.2, 0.25) is 5.91 Å². The fourth-order valence-electron chi connectivity index (χ4n) is 2.86. The first-order chi connectivity index (χ1) is 15.9. The van der Waals surface area contributed by atoms with Crippen LogP contribution < -0.4 is 16.2 Å². The molecule has 178 valence electrons. The van der Waals surface area contributed by atoms with Crippen LogP contribution in [-0.4, -0.2) is 27.3 Å². The van der Waals surface area contributed by atoms with E-state index in [1.165, 1.54) is 31.5 Å². The second-order valence-corrected chi connectivity index (χ2v) is 9.37. The lowest BCUT2D eigenvalue weighted by Crippen LogP contribution is -2.40. The van der Waals surface area contributed by atoms with E-state index in [1.807, 2.05) is 0 Å². The second kappa shape index (κ2) is 10.3. The number of halogens is 6. The highest BCUT2D eigenvalue weighted by molar-refractivity contribution is 9.11. The van der Waals surface area contributed by atoms with Crippen molar-refractivity contribution in [3.05, 3.63) is 73.0 Å². The molecule has 0 unspecified atom stereocenters. The Kier molecular flexibility index (Phi) is 7.83. The molecule has 2 heterocycles. The summed E-state index contributed by atoms with van der Waals surface area (Å²) in [6, 6.07) is 6.26. The van der Waals surface area contributed by atoms with Gasteiger partial charge in [-0.3, -0.25) is 29.8 Å². The average molecular weight is 668 g/mol. The molecule has 34 heavy (non-hydrogen) atoms. The first-order valence-electron chi connectivity index (χ1n) is 9.16. The van der Waals surface area contributed by atoms with Crippen molar-refractivity contribution in [1.82, 2.24) is 20.4 Å². The number of alkyl halides is 3. The van der Waals surface area contributed by atoms with Crippen molar-refractivity contribution in [2.45, 2.75) is 13.1 Å². The molecular weight excluding hydrogens is 655 g/mol. The molecule has 14 heteroatoms. The number of rotatable bonds is 4. The molecule has 8 nitrogen and oxygen atoms in total. The third kappa shape index (κ3) is 5.85. The number of nitrogens with zero attached hydrogens (tertiary/aromatic N) is 2. The van der Waals surface area contributed by atoms with E-state index >= 15 is 0 Å². The standard InChI is InChI=1S/C20H13Br3F3N5O3/c1-9(32)29-30-18(33)12-5-10(21)6-14(23)16(12)28-19(34)15-7-11(22)8-31(15)17-13(20(24,25)26)3-2-4-27-17/h2-8H,1H3,(H,28,34)(H,29,32)(H,30,33). The first-order valence-corrected chi connectivity index (χ1v) is 11.5. The topological polar surface area (TPSA) is 105 Å². The van der Waals surface area contributed by atoms with Crippen molar-refractivity contribution in [3.63, 3.8) is 0 Å². The van der Waals surface area contributed by atoms with Crippen LogP contribution in [0, 0.1) is 0 Å². The van der Waals surface area contributed by atoms with E-state index in [-0.39, 0.29) is 16.9 Å². The summed E-state index contributed by atoms with van der Waals surface area (Å²) in [5.41, 5.74) is 3.11. The molecule has 3 amide bonds. The van der Waals surface area contributed by atoms with Crippen molar-refractivity contribution in [2.24, 2.45) is 0 Å². The van der Waals surface area contributed by atoms with Crippen molar-refractivity contribution in [2.75, 3.05) is 5.32 Å². The maximum atomic E-state index is 13.5. The van der Waals surface area contributed by atoms with E-state index in [4.69, 9.17) is 0 Å². The highest BCUT2D eigenvalue weighted by Gasteiger charge is 2.35. The van der Waals surface area contributed by atoms with Crippen LogP contribution in [0.3, 0.4) is 0 Å². The van der Waals surface area contributed by atoms with Crippen molar-refractivity contribution < 1.29 is 27.6 Å². The Hall–Kier alpha value is -2.71. The normalized spacial score (nSPS) is 11.1. The van der Waals surface area contributed by atoms with Crippen LogP contribution in [0.5, 0.6) is 0 Å².